The molecule has 54 heavy (non-hydrogen) atoms. The molecule has 6 heteroatoms. The lowest BCUT2D eigenvalue weighted by molar-refractivity contribution is -0.890. The van der Waals surface area contributed by atoms with Gasteiger partial charge in [0.05, 0.1) is 54.4 Å². The molecule has 0 radical (unpaired) electrons. The molecule has 326 valence electrons. The Kier molecular flexibility index (Phi) is 43.9. The summed E-state index contributed by atoms with van der Waals surface area (Å²) in [5.41, 5.74) is 0. The van der Waals surface area contributed by atoms with Crippen molar-refractivity contribution in [1.29, 1.82) is 0 Å². The van der Waals surface area contributed by atoms with Gasteiger partial charge in [0.2, 0.25) is 0 Å². The SMILES string of the molecule is CCCCCCCCCC[N+](C)(C)CCCCCCC(C)C.CCCCCCCCCC[N+](C)(C)CCCCCCC(C)C.O=C([O-])CCCCC(=O)[O-]. The van der Waals surface area contributed by atoms with Gasteiger partial charge in [0.15, 0.2) is 0 Å². The van der Waals surface area contributed by atoms with Crippen LogP contribution in [0.15, 0.2) is 0 Å². The number of nitrogens with zero attached hydrogens (tertiary/aromatic N) is 2. The van der Waals surface area contributed by atoms with Crippen LogP contribution in [-0.4, -0.2) is 75.3 Å². The smallest absolute Gasteiger partial charge is 0.0782 e. The third-order valence-corrected chi connectivity index (χ3v) is 10.8. The number of hydrogen-bond donors (Lipinski definition) is 0. The van der Waals surface area contributed by atoms with Crippen LogP contribution in [-0.2, 0) is 9.59 Å². The molecule has 0 saturated carbocycles. The number of unbranched alkanes of at least 4 members (excludes halogenated alkanes) is 21. The summed E-state index contributed by atoms with van der Waals surface area (Å²) >= 11 is 0. The normalized spacial score (nSPS) is 11.7. The van der Waals surface area contributed by atoms with E-state index in [0.29, 0.717) is 12.8 Å². The van der Waals surface area contributed by atoms with Crippen LogP contribution < -0.4 is 10.2 Å². The van der Waals surface area contributed by atoms with Crippen molar-refractivity contribution in [3.05, 3.63) is 0 Å². The second kappa shape index (κ2) is 41.5. The van der Waals surface area contributed by atoms with Crippen LogP contribution in [0.4, 0.5) is 0 Å². The van der Waals surface area contributed by atoms with Crippen molar-refractivity contribution in [3.8, 4) is 0 Å². The first kappa shape index (κ1) is 57.2. The molecule has 0 aromatic heterocycles. The molecular weight excluding hydrogens is 669 g/mol. The van der Waals surface area contributed by atoms with Crippen LogP contribution in [0.5, 0.6) is 0 Å². The number of quaternary nitrogens is 2. The first-order chi connectivity index (χ1) is 25.6. The zero-order valence-corrected chi connectivity index (χ0v) is 38.7. The minimum Gasteiger partial charge on any atom is -0.550 e. The standard InChI is InChI=1S/2C21H46N.C6H10O4/c2*1-6-7-8-9-10-11-13-16-19-22(4,5)20-17-14-12-15-18-21(2)3;7-5(8)3-1-2-4-6(9)10/h2*21H,6-20H2,1-5H3;1-4H2,(H,7,8)(H,9,10)/q2*+1;/p-2. The number of carbonyl (C=O) groups is 2. The number of carboxylic acid groups (broad SMARTS) is 2. The lowest BCUT2D eigenvalue weighted by atomic mass is 10.0. The van der Waals surface area contributed by atoms with Gasteiger partial charge in [-0.25, -0.2) is 0 Å². The maximum Gasteiger partial charge on any atom is 0.0782 e. The summed E-state index contributed by atoms with van der Waals surface area (Å²) in [5, 5.41) is 19.5. The lowest BCUT2D eigenvalue weighted by Crippen LogP contribution is -2.41. The Morgan fingerprint density at radius 3 is 0.815 bits per heavy atom. The number of rotatable bonds is 37. The van der Waals surface area contributed by atoms with E-state index >= 15 is 0 Å². The summed E-state index contributed by atoms with van der Waals surface area (Å²) in [6.45, 7) is 19.4. The van der Waals surface area contributed by atoms with Gasteiger partial charge in [-0.05, 0) is 88.9 Å². The van der Waals surface area contributed by atoms with E-state index in [1.165, 1.54) is 202 Å². The van der Waals surface area contributed by atoms with Crippen LogP contribution in [0, 0.1) is 11.8 Å². The molecule has 0 amide bonds. The van der Waals surface area contributed by atoms with Crippen molar-refractivity contribution in [2.75, 3.05) is 54.4 Å². The molecule has 0 aromatic carbocycles. The van der Waals surface area contributed by atoms with Crippen LogP contribution in [0.1, 0.15) is 234 Å². The summed E-state index contributed by atoms with van der Waals surface area (Å²) in [7, 11) is 9.70. The van der Waals surface area contributed by atoms with Gasteiger partial charge in [0, 0.05) is 11.9 Å². The highest BCUT2D eigenvalue weighted by Gasteiger charge is 2.14. The van der Waals surface area contributed by atoms with E-state index in [9.17, 15) is 19.8 Å². The molecule has 0 aliphatic heterocycles. The predicted molar refractivity (Wildman–Crippen MR) is 233 cm³/mol. The summed E-state index contributed by atoms with van der Waals surface area (Å²) in [5.74, 6) is -0.514. The Balaban J connectivity index is -0.000000774. The van der Waals surface area contributed by atoms with Crippen LogP contribution in [0.3, 0.4) is 0 Å². The van der Waals surface area contributed by atoms with Gasteiger partial charge in [0.25, 0.3) is 0 Å². The van der Waals surface area contributed by atoms with E-state index in [2.05, 4.69) is 69.7 Å². The highest BCUT2D eigenvalue weighted by Crippen LogP contribution is 2.15. The van der Waals surface area contributed by atoms with Crippen molar-refractivity contribution in [2.45, 2.75) is 234 Å². The Hall–Kier alpha value is -1.14. The molecule has 0 saturated heterocycles. The van der Waals surface area contributed by atoms with Crippen LogP contribution >= 0.6 is 0 Å². The van der Waals surface area contributed by atoms with Crippen molar-refractivity contribution < 1.29 is 28.8 Å². The molecule has 0 atom stereocenters. The zero-order chi connectivity index (χ0) is 41.4. The Labute approximate surface area is 340 Å². The number of hydrogen-bond acceptors (Lipinski definition) is 4. The molecule has 0 fully saturated rings. The van der Waals surface area contributed by atoms with Gasteiger partial charge >= 0.3 is 0 Å². The molecule has 0 spiro atoms. The quantitative estimate of drug-likeness (QED) is 0.0465. The highest BCUT2D eigenvalue weighted by atomic mass is 16.4. The third-order valence-electron chi connectivity index (χ3n) is 10.8. The topological polar surface area (TPSA) is 80.3 Å². The average molecular weight is 769 g/mol. The van der Waals surface area contributed by atoms with E-state index < -0.39 is 11.9 Å². The molecular formula is C48H100N2O4. The first-order valence-corrected chi connectivity index (χ1v) is 23.6. The van der Waals surface area contributed by atoms with E-state index in [4.69, 9.17) is 0 Å². The van der Waals surface area contributed by atoms with Gasteiger partial charge in [-0.3, -0.25) is 0 Å². The maximum atomic E-state index is 9.77. The summed E-state index contributed by atoms with van der Waals surface area (Å²) in [6, 6.07) is 0. The lowest BCUT2D eigenvalue weighted by Gasteiger charge is -2.30. The Bertz CT molecular complexity index is 717. The van der Waals surface area contributed by atoms with Crippen molar-refractivity contribution in [1.82, 2.24) is 0 Å². The summed E-state index contributed by atoms with van der Waals surface area (Å²) in [6.07, 6.45) is 37.8. The number of carbonyl (C=O) groups excluding carboxylic acids is 2. The van der Waals surface area contributed by atoms with Crippen molar-refractivity contribution in [2.24, 2.45) is 11.8 Å². The van der Waals surface area contributed by atoms with E-state index in [1.54, 1.807) is 0 Å². The van der Waals surface area contributed by atoms with Crippen LogP contribution in [0.2, 0.25) is 0 Å². The largest absolute Gasteiger partial charge is 0.550 e. The van der Waals surface area contributed by atoms with Crippen LogP contribution in [0.25, 0.3) is 0 Å². The fraction of sp³-hybridized carbons (Fsp3) is 0.958. The Morgan fingerprint density at radius 1 is 0.370 bits per heavy atom. The summed E-state index contributed by atoms with van der Waals surface area (Å²) < 4.78 is 2.47. The molecule has 0 heterocycles. The van der Waals surface area contributed by atoms with Gasteiger partial charge in [0.1, 0.15) is 0 Å². The zero-order valence-electron chi connectivity index (χ0n) is 38.7. The number of aliphatic carboxylic acids is 2. The highest BCUT2D eigenvalue weighted by molar-refractivity contribution is 5.65. The molecule has 0 aliphatic rings. The Morgan fingerprint density at radius 2 is 0.593 bits per heavy atom. The fourth-order valence-electron chi connectivity index (χ4n) is 7.00. The fourth-order valence-corrected chi connectivity index (χ4v) is 7.00. The molecule has 0 unspecified atom stereocenters. The summed E-state index contributed by atoms with van der Waals surface area (Å²) in [4.78, 5) is 19.5. The van der Waals surface area contributed by atoms with Gasteiger partial charge in [-0.15, -0.1) is 0 Å². The molecule has 0 N–H and O–H groups in total. The molecule has 0 aromatic rings. The second-order valence-corrected chi connectivity index (χ2v) is 18.9. The van der Waals surface area contributed by atoms with Gasteiger partial charge < -0.3 is 28.8 Å². The molecule has 6 nitrogen and oxygen atoms in total. The molecule has 0 aliphatic carbocycles. The van der Waals surface area contributed by atoms with E-state index in [1.807, 2.05) is 0 Å². The monoisotopic (exact) mass is 769 g/mol. The van der Waals surface area contributed by atoms with Gasteiger partial charge in [-0.1, -0.05) is 157 Å². The maximum absolute atomic E-state index is 9.77. The van der Waals surface area contributed by atoms with Gasteiger partial charge in [-0.2, -0.15) is 0 Å². The van der Waals surface area contributed by atoms with E-state index in [0.717, 1.165) is 11.8 Å². The minimum atomic E-state index is -1.14. The average Bonchev–Trinajstić information content (AvgIpc) is 3.09. The first-order valence-electron chi connectivity index (χ1n) is 23.6. The predicted octanol–water partition coefficient (Wildman–Crippen LogP) is 11.7. The third kappa shape index (κ3) is 55.2. The van der Waals surface area contributed by atoms with E-state index in [-0.39, 0.29) is 12.8 Å². The van der Waals surface area contributed by atoms with Crippen molar-refractivity contribution >= 4 is 11.9 Å². The van der Waals surface area contributed by atoms with Crippen molar-refractivity contribution in [3.63, 3.8) is 0 Å². The number of carboxylic acids is 2. The minimum absolute atomic E-state index is 0.0761. The molecule has 0 bridgehead atoms. The molecule has 0 rings (SSSR count). The second-order valence-electron chi connectivity index (χ2n) is 18.9.